The van der Waals surface area contributed by atoms with Crippen molar-refractivity contribution in [3.63, 3.8) is 0 Å². The van der Waals surface area contributed by atoms with Gasteiger partial charge in [-0.15, -0.1) is 0 Å². The molecule has 0 aromatic heterocycles. The average Bonchev–Trinajstić information content (AvgIpc) is 2.62. The first-order valence-electron chi connectivity index (χ1n) is 9.06. The Balaban J connectivity index is 1.82. The quantitative estimate of drug-likeness (QED) is 0.724. The molecular weight excluding hydrogens is 326 g/mol. The molecule has 0 aliphatic rings. The van der Waals surface area contributed by atoms with Gasteiger partial charge in [-0.25, -0.2) is 0 Å². The Morgan fingerprint density at radius 3 is 2.58 bits per heavy atom. The molecule has 26 heavy (non-hydrogen) atoms. The molecule has 4 nitrogen and oxygen atoms in total. The van der Waals surface area contributed by atoms with Crippen molar-refractivity contribution in [2.75, 3.05) is 13.7 Å². The van der Waals surface area contributed by atoms with Gasteiger partial charge in [0.15, 0.2) is 6.10 Å². The van der Waals surface area contributed by atoms with Crippen molar-refractivity contribution in [2.45, 2.75) is 46.6 Å². The van der Waals surface area contributed by atoms with Gasteiger partial charge < -0.3 is 14.8 Å². The molecule has 0 radical (unpaired) electrons. The molecule has 0 saturated carbocycles. The Morgan fingerprint density at radius 2 is 1.85 bits per heavy atom. The fourth-order valence-corrected chi connectivity index (χ4v) is 2.91. The number of methoxy groups -OCH3 is 1. The highest BCUT2D eigenvalue weighted by atomic mass is 16.5. The molecule has 0 spiro atoms. The number of amides is 1. The fraction of sp³-hybridized carbons (Fsp3) is 0.409. The highest BCUT2D eigenvalue weighted by Gasteiger charge is 2.16. The van der Waals surface area contributed by atoms with E-state index in [9.17, 15) is 4.79 Å². The highest BCUT2D eigenvalue weighted by Crippen LogP contribution is 2.24. The van der Waals surface area contributed by atoms with Crippen LogP contribution in [-0.2, 0) is 11.2 Å². The molecular formula is C22H29NO3. The van der Waals surface area contributed by atoms with Crippen LogP contribution in [-0.4, -0.2) is 25.7 Å². The fourth-order valence-electron chi connectivity index (χ4n) is 2.91. The van der Waals surface area contributed by atoms with Crippen LogP contribution in [0.1, 0.15) is 35.6 Å². The molecule has 0 fully saturated rings. The third kappa shape index (κ3) is 5.25. The minimum Gasteiger partial charge on any atom is -0.496 e. The maximum absolute atomic E-state index is 12.3. The summed E-state index contributed by atoms with van der Waals surface area (Å²) in [7, 11) is 1.68. The summed E-state index contributed by atoms with van der Waals surface area (Å²) in [5.41, 5.74) is 4.53. The van der Waals surface area contributed by atoms with Crippen molar-refractivity contribution >= 4 is 5.91 Å². The predicted molar refractivity (Wildman–Crippen MR) is 105 cm³/mol. The first kappa shape index (κ1) is 19.8. The Labute approximate surface area is 156 Å². The van der Waals surface area contributed by atoms with E-state index in [1.54, 1.807) is 14.0 Å². The predicted octanol–water partition coefficient (Wildman–Crippen LogP) is 4.14. The Kier molecular flexibility index (Phi) is 7.07. The number of carbonyl (C=O) groups is 1. The number of rotatable bonds is 8. The third-order valence-electron chi connectivity index (χ3n) is 4.55. The minimum absolute atomic E-state index is 0.0939. The number of aryl methyl sites for hydroxylation is 3. The Bertz CT molecular complexity index is 755. The summed E-state index contributed by atoms with van der Waals surface area (Å²) >= 11 is 0. The van der Waals surface area contributed by atoms with E-state index in [1.165, 1.54) is 5.56 Å². The van der Waals surface area contributed by atoms with Gasteiger partial charge in [-0.3, -0.25) is 4.79 Å². The monoisotopic (exact) mass is 355 g/mol. The summed E-state index contributed by atoms with van der Waals surface area (Å²) in [5, 5.41) is 2.95. The molecule has 2 rings (SSSR count). The lowest BCUT2D eigenvalue weighted by molar-refractivity contribution is -0.127. The molecule has 4 heteroatoms. The summed E-state index contributed by atoms with van der Waals surface area (Å²) < 4.78 is 11.2. The first-order valence-corrected chi connectivity index (χ1v) is 9.06. The van der Waals surface area contributed by atoms with Crippen LogP contribution in [0.4, 0.5) is 0 Å². The van der Waals surface area contributed by atoms with Gasteiger partial charge in [0.1, 0.15) is 11.5 Å². The van der Waals surface area contributed by atoms with Crippen LogP contribution in [0, 0.1) is 20.8 Å². The second kappa shape index (κ2) is 9.27. The molecule has 140 valence electrons. The summed E-state index contributed by atoms with van der Waals surface area (Å²) in [6.45, 7) is 8.49. The van der Waals surface area contributed by atoms with E-state index in [0.29, 0.717) is 6.54 Å². The van der Waals surface area contributed by atoms with Crippen LogP contribution in [0.15, 0.2) is 36.4 Å². The van der Waals surface area contributed by atoms with E-state index in [-0.39, 0.29) is 5.91 Å². The van der Waals surface area contributed by atoms with Crippen LogP contribution in [0.25, 0.3) is 0 Å². The van der Waals surface area contributed by atoms with Crippen molar-refractivity contribution in [3.8, 4) is 11.5 Å². The van der Waals surface area contributed by atoms with Gasteiger partial charge in [0.25, 0.3) is 5.91 Å². The zero-order chi connectivity index (χ0) is 19.1. The van der Waals surface area contributed by atoms with Crippen LogP contribution in [0.2, 0.25) is 0 Å². The minimum atomic E-state index is -0.527. The molecule has 1 N–H and O–H groups in total. The molecule has 0 aliphatic carbocycles. The number of para-hydroxylation sites is 1. The van der Waals surface area contributed by atoms with E-state index in [0.717, 1.165) is 41.0 Å². The van der Waals surface area contributed by atoms with Crippen LogP contribution in [0.3, 0.4) is 0 Å². The topological polar surface area (TPSA) is 47.6 Å². The lowest BCUT2D eigenvalue weighted by Gasteiger charge is -2.18. The molecule has 1 atom stereocenters. The van der Waals surface area contributed by atoms with Crippen LogP contribution in [0.5, 0.6) is 11.5 Å². The number of benzene rings is 2. The number of nitrogens with one attached hydrogen (secondary N) is 1. The molecule has 0 heterocycles. The largest absolute Gasteiger partial charge is 0.496 e. The summed E-state index contributed by atoms with van der Waals surface area (Å²) in [4.78, 5) is 12.3. The normalized spacial score (nSPS) is 11.7. The number of hydrogen-bond acceptors (Lipinski definition) is 3. The van der Waals surface area contributed by atoms with Gasteiger partial charge >= 0.3 is 0 Å². The molecule has 1 unspecified atom stereocenters. The van der Waals surface area contributed by atoms with Gasteiger partial charge in [0.05, 0.1) is 7.11 Å². The molecule has 2 aromatic carbocycles. The van der Waals surface area contributed by atoms with Crippen molar-refractivity contribution < 1.29 is 14.3 Å². The third-order valence-corrected chi connectivity index (χ3v) is 4.55. The molecule has 1 amide bonds. The SMILES string of the molecule is COc1ccccc1CCCNC(=O)C(C)Oc1cc(C)cc(C)c1C. The second-order valence-corrected chi connectivity index (χ2v) is 6.67. The lowest BCUT2D eigenvalue weighted by Crippen LogP contribution is -2.37. The van der Waals surface area contributed by atoms with Gasteiger partial charge in [-0.1, -0.05) is 24.3 Å². The Hall–Kier alpha value is -2.49. The van der Waals surface area contributed by atoms with Gasteiger partial charge in [0, 0.05) is 6.54 Å². The highest BCUT2D eigenvalue weighted by molar-refractivity contribution is 5.80. The Morgan fingerprint density at radius 1 is 1.12 bits per heavy atom. The van der Waals surface area contributed by atoms with Gasteiger partial charge in [-0.05, 0) is 74.9 Å². The van der Waals surface area contributed by atoms with E-state index >= 15 is 0 Å². The smallest absolute Gasteiger partial charge is 0.260 e. The summed E-state index contributed by atoms with van der Waals surface area (Å²) in [5.74, 6) is 1.57. The lowest BCUT2D eigenvalue weighted by atomic mass is 10.1. The first-order chi connectivity index (χ1) is 12.4. The summed E-state index contributed by atoms with van der Waals surface area (Å²) in [6.07, 6.45) is 1.18. The number of hydrogen-bond donors (Lipinski definition) is 1. The van der Waals surface area contributed by atoms with Crippen molar-refractivity contribution in [2.24, 2.45) is 0 Å². The van der Waals surface area contributed by atoms with E-state index in [4.69, 9.17) is 9.47 Å². The van der Waals surface area contributed by atoms with Crippen LogP contribution >= 0.6 is 0 Å². The average molecular weight is 355 g/mol. The zero-order valence-electron chi connectivity index (χ0n) is 16.4. The zero-order valence-corrected chi connectivity index (χ0v) is 16.4. The van der Waals surface area contributed by atoms with Crippen molar-refractivity contribution in [1.82, 2.24) is 5.32 Å². The summed E-state index contributed by atoms with van der Waals surface area (Å²) in [6, 6.07) is 12.1. The molecule has 2 aromatic rings. The van der Waals surface area contributed by atoms with Gasteiger partial charge in [0.2, 0.25) is 0 Å². The molecule has 0 saturated heterocycles. The maximum atomic E-state index is 12.3. The van der Waals surface area contributed by atoms with Crippen molar-refractivity contribution in [3.05, 3.63) is 58.7 Å². The van der Waals surface area contributed by atoms with E-state index in [2.05, 4.69) is 24.4 Å². The van der Waals surface area contributed by atoms with Crippen LogP contribution < -0.4 is 14.8 Å². The number of ether oxygens (including phenoxy) is 2. The van der Waals surface area contributed by atoms with Crippen molar-refractivity contribution in [1.29, 1.82) is 0 Å². The standard InChI is InChI=1S/C22H29NO3/c1-15-13-16(2)17(3)21(14-15)26-18(4)22(24)23-12-8-10-19-9-6-7-11-20(19)25-5/h6-7,9,11,13-14,18H,8,10,12H2,1-5H3,(H,23,24). The van der Waals surface area contributed by atoms with E-state index < -0.39 is 6.10 Å². The molecule has 0 bridgehead atoms. The maximum Gasteiger partial charge on any atom is 0.260 e. The number of carbonyl (C=O) groups excluding carboxylic acids is 1. The van der Waals surface area contributed by atoms with E-state index in [1.807, 2.05) is 38.1 Å². The molecule has 0 aliphatic heterocycles. The second-order valence-electron chi connectivity index (χ2n) is 6.67. The van der Waals surface area contributed by atoms with Gasteiger partial charge in [-0.2, -0.15) is 0 Å².